The molecule has 0 amide bonds. The predicted octanol–water partition coefficient (Wildman–Crippen LogP) is 3.18. The fourth-order valence-corrected chi connectivity index (χ4v) is 2.47. The molecule has 2 rings (SSSR count). The van der Waals surface area contributed by atoms with Crippen LogP contribution < -0.4 is 10.6 Å². The van der Waals surface area contributed by atoms with Gasteiger partial charge < -0.3 is 10.6 Å². The molecule has 3 nitrogen and oxygen atoms in total. The summed E-state index contributed by atoms with van der Waals surface area (Å²) in [5, 5.41) is 8.92. The van der Waals surface area contributed by atoms with Gasteiger partial charge in [-0.2, -0.15) is 5.26 Å². The molecule has 0 spiro atoms. The van der Waals surface area contributed by atoms with E-state index in [0.29, 0.717) is 6.42 Å². The number of para-hydroxylation sites is 2. The van der Waals surface area contributed by atoms with Crippen LogP contribution in [0, 0.1) is 16.7 Å². The number of nitriles is 1. The molecular formula is C15H21N3. The number of rotatable bonds is 6. The Morgan fingerprint density at radius 1 is 1.39 bits per heavy atom. The monoisotopic (exact) mass is 243 g/mol. The zero-order valence-electron chi connectivity index (χ0n) is 11.0. The van der Waals surface area contributed by atoms with Crippen molar-refractivity contribution in [2.45, 2.75) is 32.6 Å². The molecule has 0 aliphatic heterocycles. The molecule has 3 heteroatoms. The summed E-state index contributed by atoms with van der Waals surface area (Å²) in [6.07, 6.45) is 4.11. The summed E-state index contributed by atoms with van der Waals surface area (Å²) in [6, 6.07) is 10.3. The molecule has 1 aromatic rings. The van der Waals surface area contributed by atoms with Gasteiger partial charge in [0.05, 0.1) is 17.4 Å². The number of nitrogens with two attached hydrogens (primary N) is 1. The van der Waals surface area contributed by atoms with Gasteiger partial charge in [0.2, 0.25) is 0 Å². The van der Waals surface area contributed by atoms with E-state index in [1.165, 1.54) is 12.8 Å². The van der Waals surface area contributed by atoms with Crippen LogP contribution in [0.15, 0.2) is 24.3 Å². The fraction of sp³-hybridized carbons (Fsp3) is 0.533. The minimum atomic E-state index is 0.228. The van der Waals surface area contributed by atoms with Gasteiger partial charge in [0.25, 0.3) is 0 Å². The van der Waals surface area contributed by atoms with E-state index in [4.69, 9.17) is 11.0 Å². The van der Waals surface area contributed by atoms with E-state index in [9.17, 15) is 0 Å². The first kappa shape index (κ1) is 12.8. The van der Waals surface area contributed by atoms with Crippen LogP contribution in [0.1, 0.15) is 32.6 Å². The van der Waals surface area contributed by atoms with E-state index in [2.05, 4.69) is 24.0 Å². The summed E-state index contributed by atoms with van der Waals surface area (Å²) in [5.74, 6) is 0. The number of nitrogens with zero attached hydrogens (tertiary/aromatic N) is 2. The molecule has 0 bridgehead atoms. The van der Waals surface area contributed by atoms with E-state index >= 15 is 0 Å². The van der Waals surface area contributed by atoms with Crippen LogP contribution in [0.3, 0.4) is 0 Å². The minimum absolute atomic E-state index is 0.228. The van der Waals surface area contributed by atoms with E-state index in [0.717, 1.165) is 30.9 Å². The predicted molar refractivity (Wildman–Crippen MR) is 75.3 cm³/mol. The van der Waals surface area contributed by atoms with Gasteiger partial charge in [-0.1, -0.05) is 19.1 Å². The van der Waals surface area contributed by atoms with Gasteiger partial charge in [-0.3, -0.25) is 0 Å². The number of nitrogen functional groups attached to an aromatic ring is 1. The highest BCUT2D eigenvalue weighted by atomic mass is 15.1. The van der Waals surface area contributed by atoms with E-state index in [-0.39, 0.29) is 5.41 Å². The average Bonchev–Trinajstić information content (AvgIpc) is 3.10. The van der Waals surface area contributed by atoms with E-state index in [1.807, 2.05) is 18.2 Å². The molecule has 1 fully saturated rings. The van der Waals surface area contributed by atoms with Crippen molar-refractivity contribution >= 4 is 11.4 Å². The molecule has 1 aliphatic rings. The highest BCUT2D eigenvalue weighted by Gasteiger charge is 2.43. The maximum Gasteiger partial charge on any atom is 0.0628 e. The van der Waals surface area contributed by atoms with Crippen molar-refractivity contribution in [1.82, 2.24) is 0 Å². The van der Waals surface area contributed by atoms with Crippen LogP contribution >= 0.6 is 0 Å². The summed E-state index contributed by atoms with van der Waals surface area (Å²) < 4.78 is 0. The maximum absolute atomic E-state index is 8.92. The van der Waals surface area contributed by atoms with Gasteiger partial charge in [-0.25, -0.2) is 0 Å². The van der Waals surface area contributed by atoms with Crippen LogP contribution in [0.2, 0.25) is 0 Å². The zero-order valence-corrected chi connectivity index (χ0v) is 11.0. The third kappa shape index (κ3) is 2.76. The smallest absolute Gasteiger partial charge is 0.0628 e. The summed E-state index contributed by atoms with van der Waals surface area (Å²) in [4.78, 5) is 2.35. The number of benzene rings is 1. The first-order chi connectivity index (χ1) is 8.71. The molecule has 0 saturated heterocycles. The van der Waals surface area contributed by atoms with Gasteiger partial charge in [0, 0.05) is 24.9 Å². The van der Waals surface area contributed by atoms with Crippen LogP contribution in [0.25, 0.3) is 0 Å². The standard InChI is InChI=1S/C15H21N3/c1-2-11-18(12-15(7-8-15)9-10-16)14-6-4-3-5-13(14)17/h3-6H,2,7-9,11-12,17H2,1H3. The highest BCUT2D eigenvalue weighted by Crippen LogP contribution is 2.49. The lowest BCUT2D eigenvalue weighted by Crippen LogP contribution is -2.31. The molecule has 1 aliphatic carbocycles. The molecule has 1 saturated carbocycles. The van der Waals surface area contributed by atoms with Crippen molar-refractivity contribution in [1.29, 1.82) is 5.26 Å². The molecule has 0 heterocycles. The molecule has 18 heavy (non-hydrogen) atoms. The summed E-state index contributed by atoms with van der Waals surface area (Å²) in [5.41, 5.74) is 8.23. The number of hydrogen-bond donors (Lipinski definition) is 1. The third-order valence-electron chi connectivity index (χ3n) is 3.71. The maximum atomic E-state index is 8.92. The first-order valence-electron chi connectivity index (χ1n) is 6.67. The summed E-state index contributed by atoms with van der Waals surface area (Å²) in [6.45, 7) is 4.14. The summed E-state index contributed by atoms with van der Waals surface area (Å²) in [7, 11) is 0. The Kier molecular flexibility index (Phi) is 3.76. The molecule has 0 aromatic heterocycles. The van der Waals surface area contributed by atoms with E-state index in [1.54, 1.807) is 0 Å². The molecule has 1 aromatic carbocycles. The fourth-order valence-electron chi connectivity index (χ4n) is 2.47. The van der Waals surface area contributed by atoms with Gasteiger partial charge in [0.1, 0.15) is 0 Å². The SMILES string of the molecule is CCCN(CC1(CC#N)CC1)c1ccccc1N. The first-order valence-corrected chi connectivity index (χ1v) is 6.67. The average molecular weight is 243 g/mol. The minimum Gasteiger partial charge on any atom is -0.397 e. The topological polar surface area (TPSA) is 53.0 Å². The second-order valence-electron chi connectivity index (χ2n) is 5.32. The van der Waals surface area contributed by atoms with E-state index < -0.39 is 0 Å². The Hall–Kier alpha value is -1.69. The van der Waals surface area contributed by atoms with Gasteiger partial charge in [-0.15, -0.1) is 0 Å². The Balaban J connectivity index is 2.14. The second kappa shape index (κ2) is 5.30. The molecule has 0 atom stereocenters. The number of hydrogen-bond acceptors (Lipinski definition) is 3. The lowest BCUT2D eigenvalue weighted by molar-refractivity contribution is 0.507. The second-order valence-corrected chi connectivity index (χ2v) is 5.32. The molecular weight excluding hydrogens is 222 g/mol. The quantitative estimate of drug-likeness (QED) is 0.781. The Morgan fingerprint density at radius 2 is 2.11 bits per heavy atom. The molecule has 0 radical (unpaired) electrons. The van der Waals surface area contributed by atoms with Crippen molar-refractivity contribution in [2.24, 2.45) is 5.41 Å². The van der Waals surface area contributed by atoms with Crippen molar-refractivity contribution in [3.05, 3.63) is 24.3 Å². The Labute approximate surface area is 109 Å². The van der Waals surface area contributed by atoms with Gasteiger partial charge in [-0.05, 0) is 31.4 Å². The molecule has 0 unspecified atom stereocenters. The Morgan fingerprint density at radius 3 is 2.67 bits per heavy atom. The van der Waals surface area contributed by atoms with Crippen LogP contribution in [-0.4, -0.2) is 13.1 Å². The highest BCUT2D eigenvalue weighted by molar-refractivity contribution is 5.67. The number of anilines is 2. The van der Waals surface area contributed by atoms with Gasteiger partial charge in [0.15, 0.2) is 0 Å². The lowest BCUT2D eigenvalue weighted by Gasteiger charge is -2.29. The van der Waals surface area contributed by atoms with Crippen molar-refractivity contribution in [3.63, 3.8) is 0 Å². The lowest BCUT2D eigenvalue weighted by atomic mass is 10.0. The van der Waals surface area contributed by atoms with Gasteiger partial charge >= 0.3 is 0 Å². The molecule has 96 valence electrons. The molecule has 2 N–H and O–H groups in total. The van der Waals surface area contributed by atoms with Crippen LogP contribution in [0.4, 0.5) is 11.4 Å². The zero-order chi connectivity index (χ0) is 13.0. The van der Waals surface area contributed by atoms with Crippen LogP contribution in [0.5, 0.6) is 0 Å². The van der Waals surface area contributed by atoms with Crippen molar-refractivity contribution in [2.75, 3.05) is 23.7 Å². The third-order valence-corrected chi connectivity index (χ3v) is 3.71. The Bertz CT molecular complexity index is 443. The van der Waals surface area contributed by atoms with Crippen LogP contribution in [-0.2, 0) is 0 Å². The normalized spacial score (nSPS) is 16.0. The summed E-state index contributed by atoms with van der Waals surface area (Å²) >= 11 is 0. The van der Waals surface area contributed by atoms with Crippen molar-refractivity contribution in [3.8, 4) is 6.07 Å². The largest absolute Gasteiger partial charge is 0.397 e. The van der Waals surface area contributed by atoms with Crippen molar-refractivity contribution < 1.29 is 0 Å².